The minimum absolute atomic E-state index is 0.0368. The number of rotatable bonds is 5. The van der Waals surface area contributed by atoms with Crippen molar-refractivity contribution >= 4 is 24.0 Å². The molecule has 2 aromatic carbocycles. The quantitative estimate of drug-likeness (QED) is 0.828. The van der Waals surface area contributed by atoms with E-state index in [2.05, 4.69) is 5.32 Å². The van der Waals surface area contributed by atoms with Crippen molar-refractivity contribution in [2.75, 3.05) is 5.32 Å². The number of nitrogens with one attached hydrogen (secondary N) is 1. The number of anilines is 1. The first-order valence-electron chi connectivity index (χ1n) is 6.40. The number of benzene rings is 2. The van der Waals surface area contributed by atoms with E-state index in [4.69, 9.17) is 9.84 Å². The predicted octanol–water partition coefficient (Wildman–Crippen LogP) is 2.95. The maximum Gasteiger partial charge on any atom is 0.411 e. The molecular weight excluding hydrogens is 286 g/mol. The summed E-state index contributed by atoms with van der Waals surface area (Å²) in [6, 6.07) is 12.9. The fourth-order valence-electron chi connectivity index (χ4n) is 1.78. The monoisotopic (exact) mass is 299 g/mol. The molecule has 0 saturated carbocycles. The summed E-state index contributed by atoms with van der Waals surface area (Å²) >= 11 is 0. The van der Waals surface area contributed by atoms with Crippen LogP contribution in [-0.4, -0.2) is 23.5 Å². The van der Waals surface area contributed by atoms with Gasteiger partial charge in [-0.2, -0.15) is 0 Å². The molecule has 6 nitrogen and oxygen atoms in total. The van der Waals surface area contributed by atoms with E-state index in [9.17, 15) is 14.4 Å². The van der Waals surface area contributed by atoms with E-state index in [0.717, 1.165) is 5.56 Å². The zero-order valence-corrected chi connectivity index (χ0v) is 11.5. The largest absolute Gasteiger partial charge is 0.478 e. The van der Waals surface area contributed by atoms with Crippen molar-refractivity contribution < 1.29 is 24.2 Å². The van der Waals surface area contributed by atoms with Crippen molar-refractivity contribution in [3.8, 4) is 0 Å². The minimum atomic E-state index is -1.15. The molecule has 0 aromatic heterocycles. The Labute approximate surface area is 126 Å². The van der Waals surface area contributed by atoms with Crippen LogP contribution in [0.2, 0.25) is 0 Å². The highest BCUT2D eigenvalue weighted by Gasteiger charge is 2.11. The summed E-state index contributed by atoms with van der Waals surface area (Å²) in [6.45, 7) is 0.0936. The van der Waals surface area contributed by atoms with E-state index in [1.807, 2.05) is 30.3 Å². The predicted molar refractivity (Wildman–Crippen MR) is 79.0 cm³/mol. The van der Waals surface area contributed by atoms with E-state index in [1.54, 1.807) is 0 Å². The third-order valence-corrected chi connectivity index (χ3v) is 2.87. The standard InChI is InChI=1S/C16H13NO5/c18-9-13-8-12(15(19)20)6-7-14(13)17-16(21)22-10-11-4-2-1-3-5-11/h1-9H,10H2,(H,17,21)(H,19,20). The fourth-order valence-corrected chi connectivity index (χ4v) is 1.78. The number of carboxylic acid groups (broad SMARTS) is 1. The first-order chi connectivity index (χ1) is 10.6. The number of aldehydes is 1. The van der Waals surface area contributed by atoms with Gasteiger partial charge in [0.15, 0.2) is 6.29 Å². The van der Waals surface area contributed by atoms with Gasteiger partial charge in [-0.25, -0.2) is 9.59 Å². The van der Waals surface area contributed by atoms with E-state index >= 15 is 0 Å². The normalized spacial score (nSPS) is 9.82. The van der Waals surface area contributed by atoms with Crippen molar-refractivity contribution in [3.63, 3.8) is 0 Å². The van der Waals surface area contributed by atoms with Gasteiger partial charge < -0.3 is 9.84 Å². The summed E-state index contributed by atoms with van der Waals surface area (Å²) < 4.78 is 5.03. The Morgan fingerprint density at radius 2 is 1.86 bits per heavy atom. The summed E-state index contributed by atoms with van der Waals surface area (Å²) in [6.07, 6.45) is -0.255. The van der Waals surface area contributed by atoms with Crippen molar-refractivity contribution in [1.82, 2.24) is 0 Å². The molecular formula is C16H13NO5. The summed E-state index contributed by atoms with van der Waals surface area (Å²) in [4.78, 5) is 33.5. The lowest BCUT2D eigenvalue weighted by molar-refractivity contribution is 0.0697. The van der Waals surface area contributed by atoms with Gasteiger partial charge in [-0.3, -0.25) is 10.1 Å². The smallest absolute Gasteiger partial charge is 0.411 e. The summed E-state index contributed by atoms with van der Waals surface area (Å²) in [7, 11) is 0. The Balaban J connectivity index is 2.02. The van der Waals surface area contributed by atoms with E-state index in [0.29, 0.717) is 6.29 Å². The molecule has 22 heavy (non-hydrogen) atoms. The molecule has 0 aliphatic carbocycles. The van der Waals surface area contributed by atoms with Gasteiger partial charge >= 0.3 is 12.1 Å². The molecule has 0 radical (unpaired) electrons. The number of aromatic carboxylic acids is 1. The number of hydrogen-bond donors (Lipinski definition) is 2. The number of ether oxygens (including phenoxy) is 1. The second kappa shape index (κ2) is 7.03. The summed E-state index contributed by atoms with van der Waals surface area (Å²) in [5.41, 5.74) is 1.05. The molecule has 0 unspecified atom stereocenters. The summed E-state index contributed by atoms with van der Waals surface area (Å²) in [5, 5.41) is 11.3. The number of amides is 1. The third-order valence-electron chi connectivity index (χ3n) is 2.87. The van der Waals surface area contributed by atoms with Crippen molar-refractivity contribution in [3.05, 3.63) is 65.2 Å². The van der Waals surface area contributed by atoms with E-state index in [1.165, 1.54) is 18.2 Å². The highest BCUT2D eigenvalue weighted by molar-refractivity contribution is 5.97. The Bertz CT molecular complexity index is 697. The summed E-state index contributed by atoms with van der Waals surface area (Å²) in [5.74, 6) is -1.15. The van der Waals surface area contributed by atoms with Gasteiger partial charge in [0.05, 0.1) is 11.3 Å². The van der Waals surface area contributed by atoms with Gasteiger partial charge in [0.25, 0.3) is 0 Å². The van der Waals surface area contributed by atoms with Gasteiger partial charge in [0.2, 0.25) is 0 Å². The van der Waals surface area contributed by atoms with Crippen molar-refractivity contribution in [2.24, 2.45) is 0 Å². The van der Waals surface area contributed by atoms with Crippen LogP contribution in [0.3, 0.4) is 0 Å². The maximum atomic E-state index is 11.7. The maximum absolute atomic E-state index is 11.7. The highest BCUT2D eigenvalue weighted by atomic mass is 16.5. The van der Waals surface area contributed by atoms with Gasteiger partial charge in [0, 0.05) is 5.56 Å². The highest BCUT2D eigenvalue weighted by Crippen LogP contribution is 2.16. The topological polar surface area (TPSA) is 92.7 Å². The SMILES string of the molecule is O=Cc1cc(C(=O)O)ccc1NC(=O)OCc1ccccc1. The first kappa shape index (κ1) is 15.2. The molecule has 112 valence electrons. The second-order valence-corrected chi connectivity index (χ2v) is 4.41. The van der Waals surface area contributed by atoms with Gasteiger partial charge in [-0.05, 0) is 23.8 Å². The Hall–Kier alpha value is -3.15. The van der Waals surface area contributed by atoms with Crippen LogP contribution in [-0.2, 0) is 11.3 Å². The zero-order chi connectivity index (χ0) is 15.9. The van der Waals surface area contributed by atoms with E-state index in [-0.39, 0.29) is 23.4 Å². The van der Waals surface area contributed by atoms with Crippen molar-refractivity contribution in [2.45, 2.75) is 6.61 Å². The molecule has 0 atom stereocenters. The number of carbonyl (C=O) groups is 3. The van der Waals surface area contributed by atoms with Crippen LogP contribution in [0.1, 0.15) is 26.3 Å². The lowest BCUT2D eigenvalue weighted by Crippen LogP contribution is -2.15. The van der Waals surface area contributed by atoms with Gasteiger partial charge in [0.1, 0.15) is 6.61 Å². The molecule has 2 rings (SSSR count). The molecule has 0 aliphatic rings. The number of carboxylic acids is 1. The lowest BCUT2D eigenvalue weighted by atomic mass is 10.1. The molecule has 2 N–H and O–H groups in total. The molecule has 0 fully saturated rings. The lowest BCUT2D eigenvalue weighted by Gasteiger charge is -2.09. The molecule has 0 saturated heterocycles. The van der Waals surface area contributed by atoms with Crippen LogP contribution in [0.4, 0.5) is 10.5 Å². The third kappa shape index (κ3) is 3.92. The average molecular weight is 299 g/mol. The van der Waals surface area contributed by atoms with Crippen molar-refractivity contribution in [1.29, 1.82) is 0 Å². The molecule has 0 heterocycles. The number of hydrogen-bond acceptors (Lipinski definition) is 4. The Kier molecular flexibility index (Phi) is 4.87. The molecule has 0 aliphatic heterocycles. The zero-order valence-electron chi connectivity index (χ0n) is 11.5. The fraction of sp³-hybridized carbons (Fsp3) is 0.0625. The Morgan fingerprint density at radius 1 is 1.14 bits per heavy atom. The average Bonchev–Trinajstić information content (AvgIpc) is 2.54. The molecule has 2 aromatic rings. The second-order valence-electron chi connectivity index (χ2n) is 4.41. The molecule has 0 bridgehead atoms. The first-order valence-corrected chi connectivity index (χ1v) is 6.40. The van der Waals surface area contributed by atoms with Crippen LogP contribution in [0, 0.1) is 0 Å². The van der Waals surface area contributed by atoms with Crippen LogP contribution in [0.15, 0.2) is 48.5 Å². The van der Waals surface area contributed by atoms with Crippen LogP contribution >= 0.6 is 0 Å². The van der Waals surface area contributed by atoms with Crippen LogP contribution in [0.5, 0.6) is 0 Å². The van der Waals surface area contributed by atoms with Crippen LogP contribution < -0.4 is 5.32 Å². The Morgan fingerprint density at radius 3 is 2.50 bits per heavy atom. The molecule has 6 heteroatoms. The molecule has 0 spiro atoms. The van der Waals surface area contributed by atoms with Crippen LogP contribution in [0.25, 0.3) is 0 Å². The van der Waals surface area contributed by atoms with E-state index < -0.39 is 12.1 Å². The molecule has 1 amide bonds. The minimum Gasteiger partial charge on any atom is -0.478 e. The number of carbonyl (C=O) groups excluding carboxylic acids is 2. The van der Waals surface area contributed by atoms with Gasteiger partial charge in [-0.1, -0.05) is 30.3 Å². The van der Waals surface area contributed by atoms with Gasteiger partial charge in [-0.15, -0.1) is 0 Å².